The Bertz CT molecular complexity index is 394. The van der Waals surface area contributed by atoms with Gasteiger partial charge in [0.2, 0.25) is 0 Å². The van der Waals surface area contributed by atoms with Gasteiger partial charge in [0.15, 0.2) is 0 Å². The van der Waals surface area contributed by atoms with Crippen molar-refractivity contribution in [1.82, 2.24) is 15.1 Å². The smallest absolute Gasteiger partial charge is 0.293 e. The number of nitrogens with zero attached hydrogens (tertiary/aromatic N) is 2. The Morgan fingerprint density at radius 2 is 2.16 bits per heavy atom. The lowest BCUT2D eigenvalue weighted by Crippen LogP contribution is -2.23. The number of rotatable bonds is 7. The van der Waals surface area contributed by atoms with E-state index in [1.54, 1.807) is 0 Å². The molecule has 1 rings (SSSR count). The van der Waals surface area contributed by atoms with Gasteiger partial charge < -0.3 is 9.64 Å². The van der Waals surface area contributed by atoms with E-state index in [4.69, 9.17) is 4.74 Å². The van der Waals surface area contributed by atoms with Gasteiger partial charge >= 0.3 is 0 Å². The molecular formula is C14H25N3O2. The van der Waals surface area contributed by atoms with Crippen LogP contribution in [0.1, 0.15) is 38.6 Å². The van der Waals surface area contributed by atoms with E-state index in [1.165, 1.54) is 0 Å². The normalized spacial score (nSPS) is 13.6. The maximum atomic E-state index is 10.6. The highest BCUT2D eigenvalue weighted by atomic mass is 16.5. The second-order valence-corrected chi connectivity index (χ2v) is 6.18. The van der Waals surface area contributed by atoms with Gasteiger partial charge in [-0.15, -0.1) is 0 Å². The summed E-state index contributed by atoms with van der Waals surface area (Å²) in [7, 11) is 4.01. The predicted octanol–water partition coefficient (Wildman–Crippen LogP) is 1.74. The van der Waals surface area contributed by atoms with Crippen LogP contribution in [0, 0.1) is 0 Å². The van der Waals surface area contributed by atoms with Gasteiger partial charge in [-0.1, -0.05) is 20.8 Å². The summed E-state index contributed by atoms with van der Waals surface area (Å²) in [6, 6.07) is 2.05. The van der Waals surface area contributed by atoms with E-state index in [0.29, 0.717) is 12.9 Å². The molecule has 1 unspecified atom stereocenters. The molecule has 1 aromatic rings. The second kappa shape index (κ2) is 6.70. The van der Waals surface area contributed by atoms with Crippen LogP contribution in [0.25, 0.3) is 0 Å². The minimum absolute atomic E-state index is 0.0272. The summed E-state index contributed by atoms with van der Waals surface area (Å²) >= 11 is 0. The van der Waals surface area contributed by atoms with Crippen molar-refractivity contribution in [2.45, 2.75) is 45.1 Å². The highest BCUT2D eigenvalue weighted by Gasteiger charge is 2.19. The maximum absolute atomic E-state index is 10.6. The van der Waals surface area contributed by atoms with Gasteiger partial charge in [-0.2, -0.15) is 5.10 Å². The Balaban J connectivity index is 2.63. The van der Waals surface area contributed by atoms with Gasteiger partial charge in [0, 0.05) is 24.1 Å². The molecule has 0 aromatic carbocycles. The molecule has 0 saturated heterocycles. The third-order valence-corrected chi connectivity index (χ3v) is 2.99. The van der Waals surface area contributed by atoms with Gasteiger partial charge in [0.1, 0.15) is 6.10 Å². The molecule has 1 N–H and O–H groups in total. The predicted molar refractivity (Wildman–Crippen MR) is 75.1 cm³/mol. The molecule has 0 aliphatic carbocycles. The zero-order chi connectivity index (χ0) is 14.5. The number of carbonyl (C=O) groups excluding carboxylic acids is 1. The molecule has 5 nitrogen and oxygen atoms in total. The molecule has 0 saturated carbocycles. The molecule has 0 radical (unpaired) electrons. The van der Waals surface area contributed by atoms with E-state index in [-0.39, 0.29) is 11.5 Å². The number of nitrogens with one attached hydrogen (secondary N) is 1. The third-order valence-electron chi connectivity index (χ3n) is 2.99. The average Bonchev–Trinajstić information content (AvgIpc) is 2.74. The van der Waals surface area contributed by atoms with Gasteiger partial charge in [0.25, 0.3) is 6.47 Å². The molecule has 0 fully saturated rings. The summed E-state index contributed by atoms with van der Waals surface area (Å²) in [5.41, 5.74) is 2.06. The standard InChI is InChI=1S/C14H25N3O2/c1-14(2,3)13-9-11(15-16-13)8-12(19-10-18)6-7-17(4)5/h9-10,12H,6-8H2,1-5H3,(H,15,16). The van der Waals surface area contributed by atoms with Crippen molar-refractivity contribution in [3.8, 4) is 0 Å². The number of ether oxygens (including phenoxy) is 1. The topological polar surface area (TPSA) is 58.2 Å². The molecule has 5 heteroatoms. The molecule has 0 amide bonds. The fourth-order valence-corrected chi connectivity index (χ4v) is 1.79. The Kier molecular flexibility index (Phi) is 5.54. The van der Waals surface area contributed by atoms with Gasteiger partial charge in [-0.3, -0.25) is 9.89 Å². The molecule has 0 aliphatic rings. The van der Waals surface area contributed by atoms with Gasteiger partial charge in [-0.25, -0.2) is 0 Å². The first-order valence-corrected chi connectivity index (χ1v) is 6.61. The summed E-state index contributed by atoms with van der Waals surface area (Å²) in [4.78, 5) is 12.6. The maximum Gasteiger partial charge on any atom is 0.293 e. The van der Waals surface area contributed by atoms with Crippen LogP contribution in [-0.4, -0.2) is 48.3 Å². The van der Waals surface area contributed by atoms with Crippen LogP contribution in [0.15, 0.2) is 6.07 Å². The van der Waals surface area contributed by atoms with Crippen LogP contribution >= 0.6 is 0 Å². The SMILES string of the molecule is CN(C)CCC(Cc1cc(C(C)(C)C)n[nH]1)OC=O. The van der Waals surface area contributed by atoms with Crippen molar-refractivity contribution in [3.63, 3.8) is 0 Å². The Morgan fingerprint density at radius 3 is 2.63 bits per heavy atom. The summed E-state index contributed by atoms with van der Waals surface area (Å²) in [5, 5.41) is 7.35. The molecule has 1 heterocycles. The summed E-state index contributed by atoms with van der Waals surface area (Å²) in [5.74, 6) is 0. The van der Waals surface area contributed by atoms with Crippen molar-refractivity contribution in [1.29, 1.82) is 0 Å². The van der Waals surface area contributed by atoms with Crippen molar-refractivity contribution in [3.05, 3.63) is 17.5 Å². The van der Waals surface area contributed by atoms with Crippen LogP contribution in [-0.2, 0) is 21.4 Å². The van der Waals surface area contributed by atoms with Gasteiger partial charge in [0.05, 0.1) is 5.69 Å². The van der Waals surface area contributed by atoms with E-state index in [2.05, 4.69) is 41.9 Å². The molecule has 1 aromatic heterocycles. The van der Waals surface area contributed by atoms with Crippen molar-refractivity contribution in [2.24, 2.45) is 0 Å². The zero-order valence-electron chi connectivity index (χ0n) is 12.6. The van der Waals surface area contributed by atoms with Crippen LogP contribution in [0.3, 0.4) is 0 Å². The number of H-pyrrole nitrogens is 1. The van der Waals surface area contributed by atoms with E-state index >= 15 is 0 Å². The molecular weight excluding hydrogens is 242 g/mol. The fourth-order valence-electron chi connectivity index (χ4n) is 1.79. The average molecular weight is 267 g/mol. The van der Waals surface area contributed by atoms with E-state index < -0.39 is 0 Å². The molecule has 1 atom stereocenters. The van der Waals surface area contributed by atoms with Gasteiger partial charge in [-0.05, 0) is 26.6 Å². The van der Waals surface area contributed by atoms with Crippen molar-refractivity contribution >= 4 is 6.47 Å². The van der Waals surface area contributed by atoms with Crippen molar-refractivity contribution < 1.29 is 9.53 Å². The number of hydrogen-bond acceptors (Lipinski definition) is 4. The highest BCUT2D eigenvalue weighted by molar-refractivity contribution is 5.37. The van der Waals surface area contributed by atoms with E-state index in [0.717, 1.165) is 24.4 Å². The Hall–Kier alpha value is -1.36. The van der Waals surface area contributed by atoms with E-state index in [9.17, 15) is 4.79 Å². The summed E-state index contributed by atoms with van der Waals surface area (Å²) < 4.78 is 5.14. The quantitative estimate of drug-likeness (QED) is 0.765. The number of carbonyl (C=O) groups is 1. The van der Waals surface area contributed by atoms with Crippen molar-refractivity contribution in [2.75, 3.05) is 20.6 Å². The molecule has 0 spiro atoms. The van der Waals surface area contributed by atoms with Crippen LogP contribution in [0.2, 0.25) is 0 Å². The molecule has 0 bridgehead atoms. The lowest BCUT2D eigenvalue weighted by molar-refractivity contribution is -0.133. The molecule has 0 aliphatic heterocycles. The first kappa shape index (κ1) is 15.7. The monoisotopic (exact) mass is 267 g/mol. The van der Waals surface area contributed by atoms with Crippen LogP contribution in [0.4, 0.5) is 0 Å². The largest absolute Gasteiger partial charge is 0.464 e. The number of aromatic nitrogens is 2. The minimum atomic E-state index is -0.104. The third kappa shape index (κ3) is 5.42. The lowest BCUT2D eigenvalue weighted by atomic mass is 9.92. The lowest BCUT2D eigenvalue weighted by Gasteiger charge is -2.17. The Labute approximate surface area is 115 Å². The van der Waals surface area contributed by atoms with E-state index in [1.807, 2.05) is 14.1 Å². The van der Waals surface area contributed by atoms with Crippen LogP contribution in [0.5, 0.6) is 0 Å². The number of hydrogen-bond donors (Lipinski definition) is 1. The molecule has 108 valence electrons. The summed E-state index contributed by atoms with van der Waals surface area (Å²) in [6.07, 6.45) is 1.39. The summed E-state index contributed by atoms with van der Waals surface area (Å²) in [6.45, 7) is 7.79. The van der Waals surface area contributed by atoms with Crippen LogP contribution < -0.4 is 0 Å². The first-order chi connectivity index (χ1) is 8.82. The first-order valence-electron chi connectivity index (χ1n) is 6.61. The fraction of sp³-hybridized carbons (Fsp3) is 0.714. The minimum Gasteiger partial charge on any atom is -0.464 e. The Morgan fingerprint density at radius 1 is 1.47 bits per heavy atom. The highest BCUT2D eigenvalue weighted by Crippen LogP contribution is 2.21. The number of aromatic amines is 1. The molecule has 19 heavy (non-hydrogen) atoms. The zero-order valence-corrected chi connectivity index (χ0v) is 12.6. The second-order valence-electron chi connectivity index (χ2n) is 6.18.